The Kier molecular flexibility index (Phi) is 3.40. The first-order valence-electron chi connectivity index (χ1n) is 3.77. The van der Waals surface area contributed by atoms with E-state index in [0.717, 1.165) is 5.69 Å². The van der Waals surface area contributed by atoms with Crippen molar-refractivity contribution in [3.05, 3.63) is 18.0 Å². The molecule has 1 aromatic heterocycles. The minimum absolute atomic E-state index is 0.0544. The number of rotatable bonds is 5. The van der Waals surface area contributed by atoms with Gasteiger partial charge in [-0.15, -0.1) is 0 Å². The van der Waals surface area contributed by atoms with Gasteiger partial charge in [0.2, 0.25) is 10.0 Å². The summed E-state index contributed by atoms with van der Waals surface area (Å²) in [7, 11) is -3.35. The Morgan fingerprint density at radius 3 is 2.92 bits per heavy atom. The molecule has 0 bridgehead atoms. The van der Waals surface area contributed by atoms with E-state index >= 15 is 0 Å². The molecule has 0 unspecified atom stereocenters. The van der Waals surface area contributed by atoms with Crippen molar-refractivity contribution in [3.8, 4) is 0 Å². The smallest absolute Gasteiger partial charge is 0.210 e. The van der Waals surface area contributed by atoms with Crippen LogP contribution in [0.2, 0.25) is 0 Å². The molecular formula is C6H12N4O2S. The topological polar surface area (TPSA) is 101 Å². The summed E-state index contributed by atoms with van der Waals surface area (Å²) in [6.07, 6.45) is 1.64. The number of H-pyrrole nitrogens is 1. The third-order valence-electron chi connectivity index (χ3n) is 1.44. The molecule has 0 fully saturated rings. The molecule has 7 heteroatoms. The number of aromatic amines is 1. The van der Waals surface area contributed by atoms with E-state index in [9.17, 15) is 8.42 Å². The van der Waals surface area contributed by atoms with Gasteiger partial charge in [-0.05, 0) is 6.07 Å². The molecule has 74 valence electrons. The molecule has 1 heterocycles. The first-order valence-corrected chi connectivity index (χ1v) is 5.49. The van der Waals surface area contributed by atoms with E-state index in [0.29, 0.717) is 13.1 Å². The summed E-state index contributed by atoms with van der Waals surface area (Å²) in [6.45, 7) is 0.910. The Labute approximate surface area is 76.6 Å². The Morgan fingerprint density at radius 2 is 2.38 bits per heavy atom. The summed E-state index contributed by atoms with van der Waals surface area (Å²) in [4.78, 5) is 0. The summed E-state index contributed by atoms with van der Waals surface area (Å²) in [5.74, 6) is -0.0544. The molecule has 0 aromatic carbocycles. The minimum atomic E-state index is -3.35. The van der Waals surface area contributed by atoms with Crippen LogP contribution in [0.3, 0.4) is 0 Å². The zero-order valence-electron chi connectivity index (χ0n) is 7.03. The molecule has 13 heavy (non-hydrogen) atoms. The molecule has 0 aliphatic carbocycles. The Hall–Kier alpha value is -0.920. The van der Waals surface area contributed by atoms with Crippen LogP contribution in [0.25, 0.3) is 0 Å². The molecule has 4 N–H and O–H groups in total. The lowest BCUT2D eigenvalue weighted by molar-refractivity contribution is 0.591. The van der Waals surface area contributed by atoms with Crippen molar-refractivity contribution < 1.29 is 8.42 Å². The van der Waals surface area contributed by atoms with E-state index in [-0.39, 0.29) is 5.75 Å². The van der Waals surface area contributed by atoms with E-state index in [1.807, 2.05) is 6.07 Å². The summed E-state index contributed by atoms with van der Waals surface area (Å²) < 4.78 is 21.0. The van der Waals surface area contributed by atoms with E-state index < -0.39 is 10.0 Å². The molecule has 0 spiro atoms. The van der Waals surface area contributed by atoms with Gasteiger partial charge >= 0.3 is 0 Å². The summed E-state index contributed by atoms with van der Waals surface area (Å²) >= 11 is 0. The van der Waals surface area contributed by atoms with E-state index in [1.165, 1.54) is 0 Å². The fourth-order valence-corrected chi connectivity index (χ4v) is 1.25. The summed E-state index contributed by atoms with van der Waals surface area (Å²) in [6, 6.07) is 1.81. The number of nitrogens with zero attached hydrogens (tertiary/aromatic N) is 1. The van der Waals surface area contributed by atoms with Crippen LogP contribution in [0.5, 0.6) is 0 Å². The third kappa shape index (κ3) is 4.61. The molecule has 1 rings (SSSR count). The zero-order chi connectivity index (χ0) is 9.73. The lowest BCUT2D eigenvalue weighted by Crippen LogP contribution is -2.26. The summed E-state index contributed by atoms with van der Waals surface area (Å²) in [5.41, 5.74) is 0.911. The van der Waals surface area contributed by atoms with Crippen LogP contribution in [0.4, 0.5) is 0 Å². The molecule has 0 radical (unpaired) electrons. The van der Waals surface area contributed by atoms with Gasteiger partial charge in [0.25, 0.3) is 0 Å². The maximum Gasteiger partial charge on any atom is 0.210 e. The lowest BCUT2D eigenvalue weighted by Gasteiger charge is -2.00. The van der Waals surface area contributed by atoms with Crippen molar-refractivity contribution in [3.63, 3.8) is 0 Å². The minimum Gasteiger partial charge on any atom is -0.310 e. The Balaban J connectivity index is 2.16. The van der Waals surface area contributed by atoms with Crippen LogP contribution in [-0.4, -0.2) is 30.9 Å². The van der Waals surface area contributed by atoms with Crippen LogP contribution in [0.1, 0.15) is 5.69 Å². The monoisotopic (exact) mass is 204 g/mol. The summed E-state index contributed by atoms with van der Waals surface area (Å²) in [5, 5.41) is 14.2. The fraction of sp³-hybridized carbons (Fsp3) is 0.500. The third-order valence-corrected chi connectivity index (χ3v) is 2.21. The molecular weight excluding hydrogens is 192 g/mol. The van der Waals surface area contributed by atoms with Gasteiger partial charge in [0.1, 0.15) is 0 Å². The molecule has 6 nitrogen and oxygen atoms in total. The predicted molar refractivity (Wildman–Crippen MR) is 48.3 cm³/mol. The van der Waals surface area contributed by atoms with Crippen molar-refractivity contribution in [1.82, 2.24) is 15.5 Å². The van der Waals surface area contributed by atoms with Gasteiger partial charge in [-0.2, -0.15) is 5.10 Å². The van der Waals surface area contributed by atoms with Gasteiger partial charge < -0.3 is 5.32 Å². The highest BCUT2D eigenvalue weighted by Gasteiger charge is 2.01. The maximum atomic E-state index is 10.5. The van der Waals surface area contributed by atoms with Crippen LogP contribution >= 0.6 is 0 Å². The Morgan fingerprint density at radius 1 is 1.62 bits per heavy atom. The normalized spacial score (nSPS) is 11.8. The van der Waals surface area contributed by atoms with Gasteiger partial charge in [0, 0.05) is 25.0 Å². The maximum absolute atomic E-state index is 10.5. The fourth-order valence-electron chi connectivity index (χ4n) is 0.821. The van der Waals surface area contributed by atoms with Crippen LogP contribution in [0, 0.1) is 0 Å². The number of nitrogens with one attached hydrogen (secondary N) is 2. The molecule has 0 atom stereocenters. The lowest BCUT2D eigenvalue weighted by atomic mass is 10.4. The number of aromatic nitrogens is 2. The second kappa shape index (κ2) is 4.35. The highest BCUT2D eigenvalue weighted by Crippen LogP contribution is 1.89. The zero-order valence-corrected chi connectivity index (χ0v) is 7.84. The number of hydrogen-bond acceptors (Lipinski definition) is 4. The van der Waals surface area contributed by atoms with Crippen molar-refractivity contribution >= 4 is 10.0 Å². The largest absolute Gasteiger partial charge is 0.310 e. The van der Waals surface area contributed by atoms with E-state index in [1.54, 1.807) is 6.20 Å². The number of sulfonamides is 1. The van der Waals surface area contributed by atoms with Gasteiger partial charge in [-0.25, -0.2) is 13.6 Å². The Bertz CT molecular complexity index is 332. The number of hydrogen-bond donors (Lipinski definition) is 3. The van der Waals surface area contributed by atoms with E-state index in [4.69, 9.17) is 5.14 Å². The highest BCUT2D eigenvalue weighted by molar-refractivity contribution is 7.89. The van der Waals surface area contributed by atoms with Crippen molar-refractivity contribution in [2.45, 2.75) is 6.54 Å². The predicted octanol–water partition coefficient (Wildman–Crippen LogP) is -1.21. The first kappa shape index (κ1) is 10.2. The van der Waals surface area contributed by atoms with Crippen molar-refractivity contribution in [1.29, 1.82) is 0 Å². The number of primary sulfonamides is 1. The van der Waals surface area contributed by atoms with Crippen molar-refractivity contribution in [2.75, 3.05) is 12.3 Å². The SMILES string of the molecule is NS(=O)(=O)CCNCc1ccn[nH]1. The second-order valence-corrected chi connectivity index (χ2v) is 4.36. The van der Waals surface area contributed by atoms with Gasteiger partial charge in [-0.1, -0.05) is 0 Å². The van der Waals surface area contributed by atoms with Crippen molar-refractivity contribution in [2.24, 2.45) is 5.14 Å². The highest BCUT2D eigenvalue weighted by atomic mass is 32.2. The van der Waals surface area contributed by atoms with Crippen LogP contribution in [0.15, 0.2) is 12.3 Å². The molecule has 0 amide bonds. The number of nitrogens with two attached hydrogens (primary N) is 1. The molecule has 0 saturated heterocycles. The quantitative estimate of drug-likeness (QED) is 0.524. The van der Waals surface area contributed by atoms with Crippen LogP contribution < -0.4 is 10.5 Å². The molecule has 0 saturated carbocycles. The second-order valence-electron chi connectivity index (χ2n) is 2.63. The average molecular weight is 204 g/mol. The van der Waals surface area contributed by atoms with Gasteiger partial charge in [0.05, 0.1) is 5.75 Å². The molecule has 0 aliphatic heterocycles. The first-order chi connectivity index (χ1) is 6.08. The van der Waals surface area contributed by atoms with Gasteiger partial charge in [0.15, 0.2) is 0 Å². The molecule has 1 aromatic rings. The average Bonchev–Trinajstić information content (AvgIpc) is 2.48. The van der Waals surface area contributed by atoms with Gasteiger partial charge in [-0.3, -0.25) is 5.10 Å². The van der Waals surface area contributed by atoms with E-state index in [2.05, 4.69) is 15.5 Å². The standard InChI is InChI=1S/C6H12N4O2S/c7-13(11,12)4-3-8-5-6-1-2-9-10-6/h1-2,8H,3-5H2,(H,9,10)(H2,7,11,12). The van der Waals surface area contributed by atoms with Crippen LogP contribution in [-0.2, 0) is 16.6 Å². The molecule has 0 aliphatic rings.